The molecule has 0 saturated carbocycles. The van der Waals surface area contributed by atoms with E-state index in [1.165, 1.54) is 16.7 Å². The lowest BCUT2D eigenvalue weighted by Crippen LogP contribution is -1.92. The number of ether oxygens (including phenoxy) is 1. The fraction of sp³-hybridized carbons (Fsp3) is 0.0909. The first-order chi connectivity index (χ1) is 11.7. The van der Waals surface area contributed by atoms with Crippen LogP contribution in [0, 0.1) is 6.92 Å². The maximum atomic E-state index is 5.29. The maximum Gasteiger partial charge on any atom is 0.118 e. The van der Waals surface area contributed by atoms with Gasteiger partial charge in [0.1, 0.15) is 5.75 Å². The molecule has 3 aromatic rings. The second-order valence-corrected chi connectivity index (χ2v) is 6.44. The second-order valence-electron chi connectivity index (χ2n) is 5.65. The van der Waals surface area contributed by atoms with Gasteiger partial charge in [0.05, 0.1) is 7.11 Å². The van der Waals surface area contributed by atoms with Crippen molar-refractivity contribution in [3.05, 3.63) is 101 Å². The average molecular weight is 379 g/mol. The van der Waals surface area contributed by atoms with Crippen LogP contribution in [0.1, 0.15) is 22.3 Å². The molecule has 0 aromatic heterocycles. The molecule has 0 radical (unpaired) electrons. The fourth-order valence-electron chi connectivity index (χ4n) is 2.63. The second kappa shape index (κ2) is 7.50. The smallest absolute Gasteiger partial charge is 0.118 e. The molecule has 2 heteroatoms. The van der Waals surface area contributed by atoms with Gasteiger partial charge in [0, 0.05) is 10.1 Å². The van der Waals surface area contributed by atoms with Crippen LogP contribution in [0.2, 0.25) is 0 Å². The van der Waals surface area contributed by atoms with Gasteiger partial charge in [-0.2, -0.15) is 0 Å². The van der Waals surface area contributed by atoms with Crippen molar-refractivity contribution in [3.63, 3.8) is 0 Å². The summed E-state index contributed by atoms with van der Waals surface area (Å²) in [5, 5.41) is 0. The predicted molar refractivity (Wildman–Crippen MR) is 105 cm³/mol. The zero-order valence-electron chi connectivity index (χ0n) is 13.8. The standard InChI is InChI=1S/C22H19BrO/c1-16-8-10-19(11-9-16)22(23)21(17-6-4-3-5-7-17)18-12-14-20(24-2)15-13-18/h3-15H,1-2H3/b22-21+. The Morgan fingerprint density at radius 3 is 1.83 bits per heavy atom. The van der Waals surface area contributed by atoms with E-state index in [4.69, 9.17) is 4.74 Å². The Morgan fingerprint density at radius 2 is 1.25 bits per heavy atom. The van der Waals surface area contributed by atoms with Crippen molar-refractivity contribution in [1.82, 2.24) is 0 Å². The van der Waals surface area contributed by atoms with E-state index in [9.17, 15) is 0 Å². The molecule has 120 valence electrons. The molecule has 0 aliphatic heterocycles. The predicted octanol–water partition coefficient (Wildman–Crippen LogP) is 6.32. The topological polar surface area (TPSA) is 9.23 Å². The van der Waals surface area contributed by atoms with Crippen molar-refractivity contribution < 1.29 is 4.74 Å². The summed E-state index contributed by atoms with van der Waals surface area (Å²) in [7, 11) is 1.69. The average Bonchev–Trinajstić information content (AvgIpc) is 2.64. The molecule has 0 heterocycles. The van der Waals surface area contributed by atoms with Crippen molar-refractivity contribution in [3.8, 4) is 5.75 Å². The minimum Gasteiger partial charge on any atom is -0.497 e. The normalized spacial score (nSPS) is 11.8. The van der Waals surface area contributed by atoms with Crippen LogP contribution in [0.15, 0.2) is 78.9 Å². The molecule has 0 aliphatic rings. The van der Waals surface area contributed by atoms with E-state index >= 15 is 0 Å². The Labute approximate surface area is 151 Å². The van der Waals surface area contributed by atoms with Gasteiger partial charge in [-0.25, -0.2) is 0 Å². The number of halogens is 1. The van der Waals surface area contributed by atoms with Crippen LogP contribution >= 0.6 is 15.9 Å². The largest absolute Gasteiger partial charge is 0.497 e. The van der Waals surface area contributed by atoms with Crippen molar-refractivity contribution >= 4 is 26.0 Å². The number of rotatable bonds is 4. The van der Waals surface area contributed by atoms with Gasteiger partial charge in [-0.15, -0.1) is 0 Å². The lowest BCUT2D eigenvalue weighted by molar-refractivity contribution is 0.415. The van der Waals surface area contributed by atoms with Crippen molar-refractivity contribution in [2.24, 2.45) is 0 Å². The molecule has 0 fully saturated rings. The molecule has 3 rings (SSSR count). The van der Waals surface area contributed by atoms with Crippen molar-refractivity contribution in [2.45, 2.75) is 6.92 Å². The summed E-state index contributed by atoms with van der Waals surface area (Å²) in [5.74, 6) is 0.859. The summed E-state index contributed by atoms with van der Waals surface area (Å²) >= 11 is 3.83. The minimum absolute atomic E-state index is 0.859. The number of hydrogen-bond acceptors (Lipinski definition) is 1. The Bertz CT molecular complexity index is 831. The molecule has 0 unspecified atom stereocenters. The summed E-state index contributed by atoms with van der Waals surface area (Å²) in [5.41, 5.74) is 5.91. The number of aryl methyl sites for hydroxylation is 1. The van der Waals surface area contributed by atoms with Crippen LogP contribution in [-0.4, -0.2) is 7.11 Å². The highest BCUT2D eigenvalue weighted by atomic mass is 79.9. The van der Waals surface area contributed by atoms with Crippen molar-refractivity contribution in [1.29, 1.82) is 0 Å². The SMILES string of the molecule is COc1ccc(/C(=C(/Br)c2ccc(C)cc2)c2ccccc2)cc1. The molecule has 3 aromatic carbocycles. The van der Waals surface area contributed by atoms with E-state index < -0.39 is 0 Å². The first kappa shape index (κ1) is 16.5. The molecule has 0 N–H and O–H groups in total. The summed E-state index contributed by atoms with van der Waals surface area (Å²) in [6, 6.07) is 27.2. The van der Waals surface area contributed by atoms with E-state index in [2.05, 4.69) is 83.5 Å². The highest BCUT2D eigenvalue weighted by molar-refractivity contribution is 9.15. The van der Waals surface area contributed by atoms with Crippen molar-refractivity contribution in [2.75, 3.05) is 7.11 Å². The Hall–Kier alpha value is -2.32. The number of benzene rings is 3. The number of hydrogen-bond donors (Lipinski definition) is 0. The minimum atomic E-state index is 0.859. The molecule has 0 bridgehead atoms. The quantitative estimate of drug-likeness (QED) is 0.483. The first-order valence-electron chi connectivity index (χ1n) is 7.85. The van der Waals surface area contributed by atoms with Crippen LogP contribution in [0.25, 0.3) is 10.1 Å². The lowest BCUT2D eigenvalue weighted by atomic mass is 9.95. The van der Waals surface area contributed by atoms with Gasteiger partial charge < -0.3 is 4.74 Å². The molecular weight excluding hydrogens is 360 g/mol. The molecule has 0 atom stereocenters. The maximum absolute atomic E-state index is 5.29. The van der Waals surface area contributed by atoms with Gasteiger partial charge in [-0.3, -0.25) is 0 Å². The Morgan fingerprint density at radius 1 is 0.708 bits per heavy atom. The molecule has 24 heavy (non-hydrogen) atoms. The van der Waals surface area contributed by atoms with E-state index in [0.29, 0.717) is 0 Å². The van der Waals surface area contributed by atoms with E-state index in [-0.39, 0.29) is 0 Å². The summed E-state index contributed by atoms with van der Waals surface area (Å²) in [6.07, 6.45) is 0. The monoisotopic (exact) mass is 378 g/mol. The van der Waals surface area contributed by atoms with E-state index in [1.807, 2.05) is 18.2 Å². The van der Waals surface area contributed by atoms with Gasteiger partial charge in [0.2, 0.25) is 0 Å². The third-order valence-electron chi connectivity index (χ3n) is 3.97. The highest BCUT2D eigenvalue weighted by Crippen LogP contribution is 2.36. The Balaban J connectivity index is 2.17. The molecule has 0 saturated heterocycles. The first-order valence-corrected chi connectivity index (χ1v) is 8.65. The van der Waals surface area contributed by atoms with Crippen LogP contribution in [0.4, 0.5) is 0 Å². The van der Waals surface area contributed by atoms with Gasteiger partial charge in [-0.1, -0.05) is 72.3 Å². The summed E-state index contributed by atoms with van der Waals surface area (Å²) in [6.45, 7) is 2.10. The fourth-order valence-corrected chi connectivity index (χ4v) is 3.35. The molecule has 0 amide bonds. The van der Waals surface area contributed by atoms with Crippen LogP contribution < -0.4 is 4.74 Å². The molecule has 0 spiro atoms. The summed E-state index contributed by atoms with van der Waals surface area (Å²) in [4.78, 5) is 0. The van der Waals surface area contributed by atoms with Gasteiger partial charge >= 0.3 is 0 Å². The third kappa shape index (κ3) is 3.60. The summed E-state index contributed by atoms with van der Waals surface area (Å²) < 4.78 is 6.37. The van der Waals surface area contributed by atoms with Crippen LogP contribution in [-0.2, 0) is 0 Å². The Kier molecular flexibility index (Phi) is 5.17. The van der Waals surface area contributed by atoms with Crippen LogP contribution in [0.3, 0.4) is 0 Å². The van der Waals surface area contributed by atoms with Gasteiger partial charge in [0.25, 0.3) is 0 Å². The third-order valence-corrected chi connectivity index (χ3v) is 4.82. The molecule has 0 aliphatic carbocycles. The highest BCUT2D eigenvalue weighted by Gasteiger charge is 2.12. The number of methoxy groups -OCH3 is 1. The molecule has 1 nitrogen and oxygen atoms in total. The van der Waals surface area contributed by atoms with E-state index in [0.717, 1.165) is 21.4 Å². The zero-order chi connectivity index (χ0) is 16.9. The van der Waals surface area contributed by atoms with Gasteiger partial charge in [0.15, 0.2) is 0 Å². The lowest BCUT2D eigenvalue weighted by Gasteiger charge is -2.13. The molecular formula is C22H19BrO. The van der Waals surface area contributed by atoms with Crippen LogP contribution in [0.5, 0.6) is 5.75 Å². The van der Waals surface area contributed by atoms with Gasteiger partial charge in [-0.05, 0) is 51.7 Å². The van der Waals surface area contributed by atoms with E-state index in [1.54, 1.807) is 7.11 Å². The zero-order valence-corrected chi connectivity index (χ0v) is 15.4.